The number of hydrogen-bond acceptors (Lipinski definition) is 5. The predicted octanol–water partition coefficient (Wildman–Crippen LogP) is 3.53. The highest BCUT2D eigenvalue weighted by molar-refractivity contribution is 5.96. The van der Waals surface area contributed by atoms with Gasteiger partial charge in [0, 0.05) is 23.2 Å². The number of aromatic hydroxyl groups is 1. The van der Waals surface area contributed by atoms with Crippen LogP contribution < -0.4 is 5.73 Å². The van der Waals surface area contributed by atoms with Crippen molar-refractivity contribution in [1.29, 1.82) is 0 Å². The van der Waals surface area contributed by atoms with Crippen LogP contribution in [0.5, 0.6) is 5.75 Å². The first kappa shape index (κ1) is 17.0. The zero-order valence-corrected chi connectivity index (χ0v) is 14.5. The van der Waals surface area contributed by atoms with E-state index in [0.29, 0.717) is 22.5 Å². The van der Waals surface area contributed by atoms with Crippen LogP contribution in [0.15, 0.2) is 36.4 Å². The summed E-state index contributed by atoms with van der Waals surface area (Å²) in [6.45, 7) is 0. The molecule has 1 fully saturated rings. The van der Waals surface area contributed by atoms with Gasteiger partial charge in [-0.05, 0) is 43.2 Å². The van der Waals surface area contributed by atoms with Crippen molar-refractivity contribution in [3.05, 3.63) is 52.1 Å². The fourth-order valence-electron chi connectivity index (χ4n) is 3.80. The van der Waals surface area contributed by atoms with Crippen molar-refractivity contribution < 1.29 is 14.8 Å². The molecule has 1 heterocycles. The number of fused-ring (bicyclic) bond motifs is 1. The Morgan fingerprint density at radius 2 is 1.96 bits per heavy atom. The standard InChI is InChI=1S/C19H18N4O4/c20-18(25)11-5-7-15-14(9-11)21-19(22(15)13-3-1-2-4-13)12-6-8-16(23(26)27)17(24)10-12/h5-10,13,24H,1-4H2,(H2,20,25). The summed E-state index contributed by atoms with van der Waals surface area (Å²) in [5.74, 6) is -0.314. The predicted molar refractivity (Wildman–Crippen MR) is 99.5 cm³/mol. The number of nitrogens with zero attached hydrogens (tertiary/aromatic N) is 3. The van der Waals surface area contributed by atoms with Crippen molar-refractivity contribution in [3.8, 4) is 17.1 Å². The van der Waals surface area contributed by atoms with Gasteiger partial charge in [-0.2, -0.15) is 0 Å². The van der Waals surface area contributed by atoms with E-state index in [4.69, 9.17) is 5.73 Å². The van der Waals surface area contributed by atoms with Gasteiger partial charge in [0.15, 0.2) is 5.75 Å². The molecule has 3 aromatic rings. The molecule has 1 aliphatic rings. The second-order valence-electron chi connectivity index (χ2n) is 6.77. The lowest BCUT2D eigenvalue weighted by Crippen LogP contribution is -2.10. The van der Waals surface area contributed by atoms with Crippen LogP contribution >= 0.6 is 0 Å². The number of phenols is 1. The minimum atomic E-state index is -0.627. The van der Waals surface area contributed by atoms with E-state index in [1.807, 2.05) is 6.07 Å². The molecule has 0 aliphatic heterocycles. The molecule has 2 aromatic carbocycles. The normalized spacial score (nSPS) is 14.7. The van der Waals surface area contributed by atoms with E-state index in [1.54, 1.807) is 18.2 Å². The van der Waals surface area contributed by atoms with Crippen molar-refractivity contribution in [2.24, 2.45) is 5.73 Å². The first-order valence-corrected chi connectivity index (χ1v) is 8.75. The Bertz CT molecular complexity index is 1070. The van der Waals surface area contributed by atoms with Gasteiger partial charge < -0.3 is 15.4 Å². The monoisotopic (exact) mass is 366 g/mol. The molecule has 0 saturated heterocycles. The van der Waals surface area contributed by atoms with Crippen LogP contribution in [0.25, 0.3) is 22.4 Å². The molecule has 1 aliphatic carbocycles. The quantitative estimate of drug-likeness (QED) is 0.540. The van der Waals surface area contributed by atoms with E-state index in [1.165, 1.54) is 12.1 Å². The molecule has 4 rings (SSSR count). The van der Waals surface area contributed by atoms with Crippen LogP contribution in [-0.4, -0.2) is 25.5 Å². The zero-order valence-electron chi connectivity index (χ0n) is 14.5. The first-order chi connectivity index (χ1) is 13.0. The third-order valence-corrected chi connectivity index (χ3v) is 5.09. The second kappa shape index (κ2) is 6.39. The number of carbonyl (C=O) groups is 1. The van der Waals surface area contributed by atoms with E-state index in [9.17, 15) is 20.0 Å². The Kier molecular flexibility index (Phi) is 4.02. The lowest BCUT2D eigenvalue weighted by atomic mass is 10.1. The summed E-state index contributed by atoms with van der Waals surface area (Å²) in [6.07, 6.45) is 4.26. The Morgan fingerprint density at radius 3 is 2.59 bits per heavy atom. The smallest absolute Gasteiger partial charge is 0.310 e. The van der Waals surface area contributed by atoms with E-state index in [2.05, 4.69) is 9.55 Å². The average Bonchev–Trinajstić information content (AvgIpc) is 3.27. The fraction of sp³-hybridized carbons (Fsp3) is 0.263. The lowest BCUT2D eigenvalue weighted by Gasteiger charge is -2.16. The van der Waals surface area contributed by atoms with E-state index < -0.39 is 16.6 Å². The first-order valence-electron chi connectivity index (χ1n) is 8.75. The number of aromatic nitrogens is 2. The van der Waals surface area contributed by atoms with Crippen LogP contribution in [0.3, 0.4) is 0 Å². The molecule has 1 aromatic heterocycles. The largest absolute Gasteiger partial charge is 0.502 e. The number of amides is 1. The van der Waals surface area contributed by atoms with Crippen LogP contribution in [-0.2, 0) is 0 Å². The van der Waals surface area contributed by atoms with Crippen LogP contribution in [0.2, 0.25) is 0 Å². The molecule has 27 heavy (non-hydrogen) atoms. The fourth-order valence-corrected chi connectivity index (χ4v) is 3.80. The molecular formula is C19H18N4O4. The molecule has 3 N–H and O–H groups in total. The van der Waals surface area contributed by atoms with Gasteiger partial charge in [0.25, 0.3) is 0 Å². The maximum Gasteiger partial charge on any atom is 0.310 e. The highest BCUT2D eigenvalue weighted by Crippen LogP contribution is 2.38. The van der Waals surface area contributed by atoms with Gasteiger partial charge in [0.1, 0.15) is 5.82 Å². The highest BCUT2D eigenvalue weighted by atomic mass is 16.6. The topological polar surface area (TPSA) is 124 Å². The summed E-state index contributed by atoms with van der Waals surface area (Å²) < 4.78 is 2.10. The Morgan fingerprint density at radius 1 is 1.22 bits per heavy atom. The summed E-state index contributed by atoms with van der Waals surface area (Å²) in [5.41, 5.74) is 7.49. The molecular weight excluding hydrogens is 348 g/mol. The van der Waals surface area contributed by atoms with Gasteiger partial charge in [-0.15, -0.1) is 0 Å². The van der Waals surface area contributed by atoms with Crippen LogP contribution in [0, 0.1) is 10.1 Å². The average molecular weight is 366 g/mol. The molecule has 0 bridgehead atoms. The SMILES string of the molecule is NC(=O)c1ccc2c(c1)nc(-c1ccc([N+](=O)[O-])c(O)c1)n2C1CCCC1. The van der Waals surface area contributed by atoms with E-state index in [0.717, 1.165) is 31.2 Å². The molecule has 8 heteroatoms. The number of phenolic OH excluding ortho intramolecular Hbond substituents is 1. The molecule has 0 spiro atoms. The third kappa shape index (κ3) is 2.88. The highest BCUT2D eigenvalue weighted by Gasteiger charge is 2.25. The number of nitrogens with two attached hydrogens (primary N) is 1. The molecule has 0 unspecified atom stereocenters. The Balaban J connectivity index is 1.93. The van der Waals surface area contributed by atoms with Crippen molar-refractivity contribution in [1.82, 2.24) is 9.55 Å². The summed E-state index contributed by atoms with van der Waals surface area (Å²) in [7, 11) is 0. The summed E-state index contributed by atoms with van der Waals surface area (Å²) in [5, 5.41) is 21.0. The maximum absolute atomic E-state index is 11.5. The molecule has 8 nitrogen and oxygen atoms in total. The molecule has 138 valence electrons. The number of carbonyl (C=O) groups excluding carboxylic acids is 1. The van der Waals surface area contributed by atoms with Gasteiger partial charge in [-0.25, -0.2) is 4.98 Å². The summed E-state index contributed by atoms with van der Waals surface area (Å²) in [4.78, 5) is 26.5. The molecule has 1 saturated carbocycles. The van der Waals surface area contributed by atoms with Gasteiger partial charge >= 0.3 is 5.69 Å². The minimum Gasteiger partial charge on any atom is -0.502 e. The number of imidazole rings is 1. The van der Waals surface area contributed by atoms with Gasteiger partial charge in [-0.1, -0.05) is 12.8 Å². The van der Waals surface area contributed by atoms with Gasteiger partial charge in [0.2, 0.25) is 5.91 Å². The number of hydrogen-bond donors (Lipinski definition) is 2. The zero-order chi connectivity index (χ0) is 19.1. The molecule has 0 radical (unpaired) electrons. The molecule has 1 amide bonds. The van der Waals surface area contributed by atoms with Crippen LogP contribution in [0.4, 0.5) is 5.69 Å². The van der Waals surface area contributed by atoms with Crippen molar-refractivity contribution in [2.45, 2.75) is 31.7 Å². The van der Waals surface area contributed by atoms with Crippen LogP contribution in [0.1, 0.15) is 42.1 Å². The number of rotatable bonds is 4. The summed E-state index contributed by atoms with van der Waals surface area (Å²) >= 11 is 0. The summed E-state index contributed by atoms with van der Waals surface area (Å²) in [6, 6.07) is 9.63. The van der Waals surface area contributed by atoms with Crippen molar-refractivity contribution in [3.63, 3.8) is 0 Å². The Labute approximate surface area is 154 Å². The number of nitro benzene ring substituents is 1. The number of primary amides is 1. The van der Waals surface area contributed by atoms with E-state index >= 15 is 0 Å². The van der Waals surface area contributed by atoms with Crippen molar-refractivity contribution in [2.75, 3.05) is 0 Å². The van der Waals surface area contributed by atoms with E-state index in [-0.39, 0.29) is 11.7 Å². The third-order valence-electron chi connectivity index (χ3n) is 5.09. The minimum absolute atomic E-state index is 0.252. The second-order valence-corrected chi connectivity index (χ2v) is 6.77. The number of nitro groups is 1. The van der Waals surface area contributed by atoms with Crippen molar-refractivity contribution >= 4 is 22.6 Å². The van der Waals surface area contributed by atoms with Gasteiger partial charge in [0.05, 0.1) is 16.0 Å². The maximum atomic E-state index is 11.5. The Hall–Kier alpha value is -3.42. The number of benzene rings is 2. The lowest BCUT2D eigenvalue weighted by molar-refractivity contribution is -0.385. The molecule has 0 atom stereocenters. The van der Waals surface area contributed by atoms with Gasteiger partial charge in [-0.3, -0.25) is 14.9 Å².